The predicted octanol–water partition coefficient (Wildman–Crippen LogP) is 8.22. The Bertz CT molecular complexity index is 734. The Kier molecular flexibility index (Phi) is 7.66. The Morgan fingerprint density at radius 3 is 1.80 bits per heavy atom. The van der Waals surface area contributed by atoms with E-state index in [9.17, 15) is 0 Å². The highest BCUT2D eigenvalue weighted by atomic mass is 16.5. The monoisotopic (exact) mass is 404 g/mol. The van der Waals surface area contributed by atoms with Gasteiger partial charge < -0.3 is 4.74 Å². The van der Waals surface area contributed by atoms with E-state index in [4.69, 9.17) is 4.74 Å². The number of hydrogen-bond donors (Lipinski definition) is 0. The lowest BCUT2D eigenvalue weighted by molar-refractivity contribution is 0.0328. The molecule has 0 aliphatic heterocycles. The van der Waals surface area contributed by atoms with E-state index in [1.54, 1.807) is 11.1 Å². The minimum absolute atomic E-state index is 0.505. The van der Waals surface area contributed by atoms with E-state index >= 15 is 0 Å². The Morgan fingerprint density at radius 2 is 1.27 bits per heavy atom. The number of rotatable bonds is 7. The van der Waals surface area contributed by atoms with Gasteiger partial charge in [-0.2, -0.15) is 0 Å². The highest BCUT2D eigenvalue weighted by Crippen LogP contribution is 2.40. The maximum absolute atomic E-state index is 5.82. The fraction of sp³-hybridized carbons (Fsp3) is 0.586. The van der Waals surface area contributed by atoms with Crippen molar-refractivity contribution in [3.63, 3.8) is 0 Å². The lowest BCUT2D eigenvalue weighted by Gasteiger charge is -2.31. The Balaban J connectivity index is 1.25. The zero-order valence-electron chi connectivity index (χ0n) is 19.1. The van der Waals surface area contributed by atoms with E-state index in [-0.39, 0.29) is 0 Å². The molecule has 2 aliphatic rings. The van der Waals surface area contributed by atoms with Crippen LogP contribution in [0.25, 0.3) is 0 Å². The van der Waals surface area contributed by atoms with Gasteiger partial charge in [0.05, 0.1) is 6.10 Å². The van der Waals surface area contributed by atoms with E-state index < -0.39 is 0 Å². The zero-order chi connectivity index (χ0) is 20.8. The molecule has 0 spiro atoms. The molecule has 0 amide bonds. The molecule has 1 atom stereocenters. The summed E-state index contributed by atoms with van der Waals surface area (Å²) in [5.74, 6) is 3.10. The lowest BCUT2D eigenvalue weighted by atomic mass is 9.74. The molecule has 0 N–H and O–H groups in total. The normalized spacial score (nSPS) is 28.2. The van der Waals surface area contributed by atoms with Crippen LogP contribution in [0.3, 0.4) is 0 Å². The van der Waals surface area contributed by atoms with Crippen LogP contribution < -0.4 is 0 Å². The second-order valence-corrected chi connectivity index (χ2v) is 9.86. The van der Waals surface area contributed by atoms with Crippen LogP contribution in [0.1, 0.15) is 106 Å². The molecule has 2 aromatic rings. The van der Waals surface area contributed by atoms with Gasteiger partial charge in [0, 0.05) is 6.61 Å². The van der Waals surface area contributed by atoms with Crippen molar-refractivity contribution in [1.29, 1.82) is 0 Å². The van der Waals surface area contributed by atoms with Gasteiger partial charge in [-0.3, -0.25) is 0 Å². The van der Waals surface area contributed by atoms with E-state index in [0.29, 0.717) is 12.0 Å². The molecular weight excluding hydrogens is 364 g/mol. The van der Waals surface area contributed by atoms with Crippen LogP contribution >= 0.6 is 0 Å². The largest absolute Gasteiger partial charge is 0.379 e. The van der Waals surface area contributed by atoms with E-state index in [1.165, 1.54) is 63.4 Å². The van der Waals surface area contributed by atoms with Crippen LogP contribution in [0.4, 0.5) is 0 Å². The van der Waals surface area contributed by atoms with Crippen LogP contribution in [-0.4, -0.2) is 12.7 Å². The first-order valence-corrected chi connectivity index (χ1v) is 12.5. The smallest absolute Gasteiger partial charge is 0.0575 e. The maximum atomic E-state index is 5.82. The fourth-order valence-electron chi connectivity index (χ4n) is 5.99. The highest BCUT2D eigenvalue weighted by Gasteiger charge is 2.25. The third kappa shape index (κ3) is 5.55. The fourth-order valence-corrected chi connectivity index (χ4v) is 5.99. The van der Waals surface area contributed by atoms with Gasteiger partial charge in [-0.15, -0.1) is 0 Å². The second kappa shape index (κ2) is 10.6. The first-order chi connectivity index (χ1) is 14.7. The summed E-state index contributed by atoms with van der Waals surface area (Å²) in [5, 5.41) is 0. The van der Waals surface area contributed by atoms with Crippen LogP contribution in [0.5, 0.6) is 0 Å². The maximum Gasteiger partial charge on any atom is 0.0575 e. The summed E-state index contributed by atoms with van der Waals surface area (Å²) in [5.41, 5.74) is 4.64. The molecule has 0 bridgehead atoms. The minimum atomic E-state index is 0.505. The average molecular weight is 405 g/mol. The van der Waals surface area contributed by atoms with Gasteiger partial charge in [0.2, 0.25) is 0 Å². The average Bonchev–Trinajstić information content (AvgIpc) is 2.81. The third-order valence-electron chi connectivity index (χ3n) is 7.86. The predicted molar refractivity (Wildman–Crippen MR) is 127 cm³/mol. The molecule has 1 heteroatoms. The van der Waals surface area contributed by atoms with Gasteiger partial charge in [-0.25, -0.2) is 0 Å². The van der Waals surface area contributed by atoms with Crippen LogP contribution in [-0.2, 0) is 4.74 Å². The topological polar surface area (TPSA) is 9.23 Å². The third-order valence-corrected chi connectivity index (χ3v) is 7.86. The van der Waals surface area contributed by atoms with Gasteiger partial charge in [0.25, 0.3) is 0 Å². The molecule has 1 nitrogen and oxygen atoms in total. The molecule has 2 saturated carbocycles. The molecule has 0 saturated heterocycles. The molecule has 162 valence electrons. The van der Waals surface area contributed by atoms with Gasteiger partial charge in [-0.05, 0) is 105 Å². The van der Waals surface area contributed by atoms with Crippen LogP contribution in [0.15, 0.2) is 54.6 Å². The van der Waals surface area contributed by atoms with Crippen molar-refractivity contribution in [1.82, 2.24) is 0 Å². The molecule has 0 radical (unpaired) electrons. The van der Waals surface area contributed by atoms with Crippen LogP contribution in [0, 0.1) is 5.92 Å². The van der Waals surface area contributed by atoms with Crippen molar-refractivity contribution in [2.45, 2.75) is 95.5 Å². The summed E-state index contributed by atoms with van der Waals surface area (Å²) in [6.45, 7) is 5.38. The molecule has 4 rings (SSSR count). The standard InChI is InChI=1S/C29H40O/c1-3-30-29-19-17-28(18-20-29)27-15-13-26(14-16-27)25-11-9-23(10-12-25)21-22(2)24-7-5-4-6-8-24/h4-8,13-16,22-23,25,28-29H,3,9-12,17-21H2,1-2H3/t22-,23?,25?,28?,29?/m1/s1. The van der Waals surface area contributed by atoms with Crippen molar-refractivity contribution in [2.24, 2.45) is 5.92 Å². The summed E-state index contributed by atoms with van der Waals surface area (Å²) >= 11 is 0. The van der Waals surface area contributed by atoms with Gasteiger partial charge in [0.1, 0.15) is 0 Å². The van der Waals surface area contributed by atoms with Crippen molar-refractivity contribution < 1.29 is 4.74 Å². The summed E-state index contributed by atoms with van der Waals surface area (Å²) < 4.78 is 5.82. The number of hydrogen-bond acceptors (Lipinski definition) is 1. The summed E-state index contributed by atoms with van der Waals surface area (Å²) in [7, 11) is 0. The van der Waals surface area contributed by atoms with Gasteiger partial charge in [-0.1, -0.05) is 61.5 Å². The molecule has 30 heavy (non-hydrogen) atoms. The lowest BCUT2D eigenvalue weighted by Crippen LogP contribution is -2.20. The molecule has 2 fully saturated rings. The molecular formula is C29H40O. The minimum Gasteiger partial charge on any atom is -0.379 e. The summed E-state index contributed by atoms with van der Waals surface area (Å²) in [6.07, 6.45) is 12.4. The first-order valence-electron chi connectivity index (χ1n) is 12.5. The molecule has 2 aliphatic carbocycles. The van der Waals surface area contributed by atoms with E-state index in [0.717, 1.165) is 24.4 Å². The van der Waals surface area contributed by atoms with Crippen LogP contribution in [0.2, 0.25) is 0 Å². The number of ether oxygens (including phenoxy) is 1. The van der Waals surface area contributed by atoms with Gasteiger partial charge >= 0.3 is 0 Å². The molecule has 0 aromatic heterocycles. The molecule has 2 aromatic carbocycles. The first kappa shape index (κ1) is 21.6. The Hall–Kier alpha value is -1.60. The van der Waals surface area contributed by atoms with E-state index in [1.807, 2.05) is 0 Å². The quantitative estimate of drug-likeness (QED) is 0.451. The molecule has 0 heterocycles. The zero-order valence-corrected chi connectivity index (χ0v) is 19.1. The Labute approximate surface area is 184 Å². The van der Waals surface area contributed by atoms with Crippen molar-refractivity contribution in [3.05, 3.63) is 71.3 Å². The SMILES string of the molecule is CCOC1CCC(c2ccc(C3CCC(C[C@@H](C)c4ccccc4)CC3)cc2)CC1. The van der Waals surface area contributed by atoms with Crippen molar-refractivity contribution in [3.8, 4) is 0 Å². The highest BCUT2D eigenvalue weighted by molar-refractivity contribution is 5.28. The van der Waals surface area contributed by atoms with Crippen molar-refractivity contribution in [2.75, 3.05) is 6.61 Å². The number of benzene rings is 2. The Morgan fingerprint density at radius 1 is 0.733 bits per heavy atom. The van der Waals surface area contributed by atoms with E-state index in [2.05, 4.69) is 68.4 Å². The van der Waals surface area contributed by atoms with Gasteiger partial charge in [0.15, 0.2) is 0 Å². The van der Waals surface area contributed by atoms with Crippen molar-refractivity contribution >= 4 is 0 Å². The second-order valence-electron chi connectivity index (χ2n) is 9.86. The summed E-state index contributed by atoms with van der Waals surface area (Å²) in [4.78, 5) is 0. The molecule has 0 unspecified atom stereocenters. The summed E-state index contributed by atoms with van der Waals surface area (Å²) in [6, 6.07) is 20.8.